The molecule has 0 amide bonds. The first-order chi connectivity index (χ1) is 13.9. The number of anilines is 1. The highest BCUT2D eigenvalue weighted by Gasteiger charge is 2.12. The third kappa shape index (κ3) is 3.34. The smallest absolute Gasteiger partial charge is 0.163 e. The fourth-order valence-electron chi connectivity index (χ4n) is 3.60. The van der Waals surface area contributed by atoms with Crippen LogP contribution in [0.3, 0.4) is 0 Å². The van der Waals surface area contributed by atoms with Crippen molar-refractivity contribution in [3.05, 3.63) is 78.5 Å². The van der Waals surface area contributed by atoms with E-state index in [2.05, 4.69) is 45.3 Å². The van der Waals surface area contributed by atoms with E-state index in [0.29, 0.717) is 6.42 Å². The van der Waals surface area contributed by atoms with Crippen LogP contribution in [-0.2, 0) is 11.2 Å². The van der Waals surface area contributed by atoms with Crippen molar-refractivity contribution in [2.45, 2.75) is 6.42 Å². The minimum Gasteiger partial charge on any atom is -0.378 e. The van der Waals surface area contributed by atoms with Crippen molar-refractivity contribution in [3.8, 4) is 11.1 Å². The number of nitrogens with zero attached hydrogens (tertiary/aromatic N) is 5. The lowest BCUT2D eigenvalue weighted by Gasteiger charge is -2.28. The summed E-state index contributed by atoms with van der Waals surface area (Å²) in [5, 5.41) is 4.66. The fourth-order valence-corrected chi connectivity index (χ4v) is 3.60. The highest BCUT2D eigenvalue weighted by molar-refractivity contribution is 5.76. The average molecular weight is 371 g/mol. The second kappa shape index (κ2) is 7.40. The molecule has 6 nitrogen and oxygen atoms in total. The summed E-state index contributed by atoms with van der Waals surface area (Å²) in [5.74, 6) is 0.815. The minimum atomic E-state index is 0.706. The molecule has 4 heterocycles. The van der Waals surface area contributed by atoms with Gasteiger partial charge in [0.2, 0.25) is 0 Å². The number of fused-ring (bicyclic) bond motifs is 1. The highest BCUT2D eigenvalue weighted by atomic mass is 16.5. The van der Waals surface area contributed by atoms with Gasteiger partial charge in [0.25, 0.3) is 0 Å². The van der Waals surface area contributed by atoms with Crippen molar-refractivity contribution in [1.29, 1.82) is 0 Å². The van der Waals surface area contributed by atoms with E-state index in [1.165, 1.54) is 11.3 Å². The van der Waals surface area contributed by atoms with Crippen molar-refractivity contribution >= 4 is 11.3 Å². The first kappa shape index (κ1) is 16.9. The first-order valence-electron chi connectivity index (χ1n) is 9.53. The summed E-state index contributed by atoms with van der Waals surface area (Å²) < 4.78 is 7.28. The van der Waals surface area contributed by atoms with E-state index in [-0.39, 0.29) is 0 Å². The Hall–Kier alpha value is -3.25. The fraction of sp³-hybridized carbons (Fsp3) is 0.227. The number of rotatable bonds is 4. The summed E-state index contributed by atoms with van der Waals surface area (Å²) in [6, 6.07) is 16.7. The average Bonchev–Trinajstić information content (AvgIpc) is 3.18. The monoisotopic (exact) mass is 371 g/mol. The summed E-state index contributed by atoms with van der Waals surface area (Å²) in [6.07, 6.45) is 6.28. The van der Waals surface area contributed by atoms with E-state index in [0.717, 1.165) is 48.9 Å². The zero-order valence-electron chi connectivity index (χ0n) is 15.5. The lowest BCUT2D eigenvalue weighted by Crippen LogP contribution is -2.36. The number of ether oxygens (including phenoxy) is 1. The first-order valence-corrected chi connectivity index (χ1v) is 9.53. The molecule has 28 heavy (non-hydrogen) atoms. The second-order valence-corrected chi connectivity index (χ2v) is 6.90. The van der Waals surface area contributed by atoms with Crippen molar-refractivity contribution in [3.63, 3.8) is 0 Å². The lowest BCUT2D eigenvalue weighted by atomic mass is 10.1. The predicted molar refractivity (Wildman–Crippen MR) is 108 cm³/mol. The van der Waals surface area contributed by atoms with Gasteiger partial charge in [0.05, 0.1) is 13.2 Å². The van der Waals surface area contributed by atoms with E-state index >= 15 is 0 Å². The zero-order chi connectivity index (χ0) is 18.8. The molecule has 0 saturated carbocycles. The van der Waals surface area contributed by atoms with Crippen LogP contribution in [0.15, 0.2) is 67.1 Å². The van der Waals surface area contributed by atoms with Gasteiger partial charge in [0, 0.05) is 54.9 Å². The van der Waals surface area contributed by atoms with Crippen LogP contribution in [0, 0.1) is 0 Å². The molecule has 1 aromatic carbocycles. The summed E-state index contributed by atoms with van der Waals surface area (Å²) in [5.41, 5.74) is 5.39. The molecule has 3 aromatic heterocycles. The largest absolute Gasteiger partial charge is 0.378 e. The van der Waals surface area contributed by atoms with Crippen LogP contribution in [0.25, 0.3) is 16.8 Å². The SMILES string of the molecule is c1cncc(-c2cccn3nc(Cc4ccc(N5CCOCC5)cc4)nc23)c1. The molecule has 0 unspecified atom stereocenters. The van der Waals surface area contributed by atoms with Gasteiger partial charge in [-0.05, 0) is 35.9 Å². The van der Waals surface area contributed by atoms with Gasteiger partial charge in [-0.3, -0.25) is 4.98 Å². The van der Waals surface area contributed by atoms with E-state index < -0.39 is 0 Å². The molecular formula is C22H21N5O. The van der Waals surface area contributed by atoms with Crippen LogP contribution >= 0.6 is 0 Å². The Labute approximate surface area is 163 Å². The Balaban J connectivity index is 1.40. The van der Waals surface area contributed by atoms with Crippen LogP contribution in [0.1, 0.15) is 11.4 Å². The number of hydrogen-bond donors (Lipinski definition) is 0. The Morgan fingerprint density at radius 2 is 1.82 bits per heavy atom. The summed E-state index contributed by atoms with van der Waals surface area (Å²) in [7, 11) is 0. The van der Waals surface area contributed by atoms with Gasteiger partial charge in [-0.25, -0.2) is 9.50 Å². The van der Waals surface area contributed by atoms with Crippen molar-refractivity contribution in [2.24, 2.45) is 0 Å². The molecule has 1 aliphatic rings. The van der Waals surface area contributed by atoms with Gasteiger partial charge in [-0.15, -0.1) is 0 Å². The van der Waals surface area contributed by atoms with E-state index in [1.54, 1.807) is 6.20 Å². The number of morpholine rings is 1. The van der Waals surface area contributed by atoms with E-state index in [4.69, 9.17) is 9.72 Å². The van der Waals surface area contributed by atoms with Crippen molar-refractivity contribution < 1.29 is 4.74 Å². The number of pyridine rings is 2. The number of benzene rings is 1. The molecule has 1 fully saturated rings. The van der Waals surface area contributed by atoms with Gasteiger partial charge in [-0.1, -0.05) is 18.2 Å². The normalized spacial score (nSPS) is 14.5. The predicted octanol–water partition coefficient (Wildman–Crippen LogP) is 3.22. The molecule has 4 aromatic rings. The highest BCUT2D eigenvalue weighted by Crippen LogP contribution is 2.23. The Morgan fingerprint density at radius 3 is 2.61 bits per heavy atom. The molecule has 1 aliphatic heterocycles. The standard InChI is InChI=1S/C22H21N5O/c1-3-18(16-23-9-1)20-4-2-10-27-22(20)24-21(25-27)15-17-5-7-19(8-6-17)26-11-13-28-14-12-26/h1-10,16H,11-15H2. The lowest BCUT2D eigenvalue weighted by molar-refractivity contribution is 0.122. The molecule has 0 bridgehead atoms. The van der Waals surface area contributed by atoms with Crippen molar-refractivity contribution in [2.75, 3.05) is 31.2 Å². The molecule has 0 atom stereocenters. The minimum absolute atomic E-state index is 0.706. The molecule has 0 aliphatic carbocycles. The molecule has 1 saturated heterocycles. The molecule has 0 radical (unpaired) electrons. The number of aromatic nitrogens is 4. The zero-order valence-corrected chi connectivity index (χ0v) is 15.5. The van der Waals surface area contributed by atoms with Crippen LogP contribution < -0.4 is 4.90 Å². The Kier molecular flexibility index (Phi) is 4.47. The molecule has 0 N–H and O–H groups in total. The Morgan fingerprint density at radius 1 is 0.964 bits per heavy atom. The molecule has 140 valence electrons. The van der Waals surface area contributed by atoms with Gasteiger partial charge in [0.1, 0.15) is 0 Å². The summed E-state index contributed by atoms with van der Waals surface area (Å²) in [6.45, 7) is 3.49. The van der Waals surface area contributed by atoms with Gasteiger partial charge in [-0.2, -0.15) is 5.10 Å². The van der Waals surface area contributed by atoms with Crippen LogP contribution in [0.4, 0.5) is 5.69 Å². The summed E-state index contributed by atoms with van der Waals surface area (Å²) in [4.78, 5) is 11.4. The second-order valence-electron chi connectivity index (χ2n) is 6.90. The van der Waals surface area contributed by atoms with Crippen LogP contribution in [0.5, 0.6) is 0 Å². The van der Waals surface area contributed by atoms with Crippen LogP contribution in [0.2, 0.25) is 0 Å². The van der Waals surface area contributed by atoms with Gasteiger partial charge in [0.15, 0.2) is 11.5 Å². The van der Waals surface area contributed by atoms with Crippen LogP contribution in [-0.4, -0.2) is 45.9 Å². The topological polar surface area (TPSA) is 55.5 Å². The van der Waals surface area contributed by atoms with Gasteiger partial charge >= 0.3 is 0 Å². The maximum absolute atomic E-state index is 5.43. The maximum atomic E-state index is 5.43. The van der Waals surface area contributed by atoms with E-state index in [1.807, 2.05) is 35.1 Å². The maximum Gasteiger partial charge on any atom is 0.163 e. The quantitative estimate of drug-likeness (QED) is 0.551. The third-order valence-electron chi connectivity index (χ3n) is 5.05. The van der Waals surface area contributed by atoms with Crippen molar-refractivity contribution in [1.82, 2.24) is 19.6 Å². The Bertz CT molecular complexity index is 1070. The molecule has 6 heteroatoms. The third-order valence-corrected chi connectivity index (χ3v) is 5.05. The molecule has 0 spiro atoms. The number of hydrogen-bond acceptors (Lipinski definition) is 5. The summed E-state index contributed by atoms with van der Waals surface area (Å²) >= 11 is 0. The molecular weight excluding hydrogens is 350 g/mol. The molecule has 5 rings (SSSR count). The van der Waals surface area contributed by atoms with Gasteiger partial charge < -0.3 is 9.64 Å². The van der Waals surface area contributed by atoms with E-state index in [9.17, 15) is 0 Å².